The fraction of sp³-hybridized carbons (Fsp3) is 0.458. The van der Waals surface area contributed by atoms with E-state index in [0.29, 0.717) is 13.0 Å². The number of amides is 1. The van der Waals surface area contributed by atoms with Crippen molar-refractivity contribution in [3.8, 4) is 5.75 Å². The first-order chi connectivity index (χ1) is 13.6. The van der Waals surface area contributed by atoms with Crippen LogP contribution in [0.4, 0.5) is 0 Å². The molecule has 0 saturated carbocycles. The van der Waals surface area contributed by atoms with Gasteiger partial charge >= 0.3 is 0 Å². The van der Waals surface area contributed by atoms with Gasteiger partial charge in [-0.2, -0.15) is 0 Å². The third kappa shape index (κ3) is 6.10. The van der Waals surface area contributed by atoms with E-state index in [1.54, 1.807) is 0 Å². The van der Waals surface area contributed by atoms with Gasteiger partial charge in [0, 0.05) is 39.1 Å². The van der Waals surface area contributed by atoms with Crippen LogP contribution >= 0.6 is 0 Å². The van der Waals surface area contributed by atoms with Gasteiger partial charge in [0.2, 0.25) is 5.91 Å². The van der Waals surface area contributed by atoms with E-state index in [2.05, 4.69) is 49.1 Å². The van der Waals surface area contributed by atoms with Crippen LogP contribution < -0.4 is 4.74 Å². The largest absolute Gasteiger partial charge is 0.494 e. The molecule has 0 radical (unpaired) electrons. The molecule has 1 saturated heterocycles. The lowest BCUT2D eigenvalue weighted by Gasteiger charge is -2.22. The summed E-state index contributed by atoms with van der Waals surface area (Å²) in [6.07, 6.45) is 2.36. The topological polar surface area (TPSA) is 32.8 Å². The molecule has 1 fully saturated rings. The van der Waals surface area contributed by atoms with Gasteiger partial charge in [-0.3, -0.25) is 9.69 Å². The molecule has 0 bridgehead atoms. The SMILES string of the molecule is Cc1cccc(OCCCC(=O)N2CCCN(Cc3ccccc3C)CC2)c1. The van der Waals surface area contributed by atoms with Crippen LogP contribution in [0, 0.1) is 13.8 Å². The summed E-state index contributed by atoms with van der Waals surface area (Å²) in [5, 5.41) is 0. The number of aryl methyl sites for hydroxylation is 2. The number of hydrogen-bond donors (Lipinski definition) is 0. The minimum absolute atomic E-state index is 0.255. The molecular formula is C24H32N2O2. The lowest BCUT2D eigenvalue weighted by Crippen LogP contribution is -2.35. The van der Waals surface area contributed by atoms with Gasteiger partial charge in [-0.05, 0) is 55.5 Å². The molecule has 28 heavy (non-hydrogen) atoms. The second-order valence-corrected chi connectivity index (χ2v) is 7.71. The van der Waals surface area contributed by atoms with Crippen molar-refractivity contribution in [3.63, 3.8) is 0 Å². The lowest BCUT2D eigenvalue weighted by molar-refractivity contribution is -0.131. The molecule has 4 nitrogen and oxygen atoms in total. The van der Waals surface area contributed by atoms with Crippen LogP contribution in [0.1, 0.15) is 36.0 Å². The van der Waals surface area contributed by atoms with Gasteiger partial charge < -0.3 is 9.64 Å². The van der Waals surface area contributed by atoms with Gasteiger partial charge in [-0.15, -0.1) is 0 Å². The number of carbonyl (C=O) groups is 1. The first-order valence-corrected chi connectivity index (χ1v) is 10.4. The fourth-order valence-electron chi connectivity index (χ4n) is 3.68. The fourth-order valence-corrected chi connectivity index (χ4v) is 3.68. The second-order valence-electron chi connectivity index (χ2n) is 7.71. The molecule has 0 N–H and O–H groups in total. The van der Waals surface area contributed by atoms with E-state index >= 15 is 0 Å². The van der Waals surface area contributed by atoms with Crippen molar-refractivity contribution in [2.24, 2.45) is 0 Å². The summed E-state index contributed by atoms with van der Waals surface area (Å²) in [5.74, 6) is 1.14. The quantitative estimate of drug-likeness (QED) is 0.675. The standard InChI is InChI=1S/C24H32N2O2/c1-20-8-5-11-23(18-20)28-17-6-12-24(27)26-14-7-13-25(15-16-26)19-22-10-4-3-9-21(22)2/h3-5,8-11,18H,6-7,12-17,19H2,1-2H3. The maximum Gasteiger partial charge on any atom is 0.222 e. The normalized spacial score (nSPS) is 15.3. The van der Waals surface area contributed by atoms with Crippen LogP contribution in [0.2, 0.25) is 0 Å². The predicted molar refractivity (Wildman–Crippen MR) is 114 cm³/mol. The molecule has 2 aromatic carbocycles. The Morgan fingerprint density at radius 3 is 2.68 bits per heavy atom. The first-order valence-electron chi connectivity index (χ1n) is 10.4. The molecule has 0 aliphatic carbocycles. The number of hydrogen-bond acceptors (Lipinski definition) is 3. The van der Waals surface area contributed by atoms with E-state index in [9.17, 15) is 4.79 Å². The van der Waals surface area contributed by atoms with Crippen molar-refractivity contribution < 1.29 is 9.53 Å². The molecule has 0 atom stereocenters. The van der Waals surface area contributed by atoms with E-state index in [1.807, 2.05) is 23.1 Å². The molecule has 1 amide bonds. The van der Waals surface area contributed by atoms with Gasteiger partial charge in [-0.1, -0.05) is 36.4 Å². The second kappa shape index (κ2) is 10.3. The average molecular weight is 381 g/mol. The molecule has 0 spiro atoms. The summed E-state index contributed by atoms with van der Waals surface area (Å²) in [6, 6.07) is 16.6. The summed E-state index contributed by atoms with van der Waals surface area (Å²) in [5.41, 5.74) is 3.91. The number of carbonyl (C=O) groups excluding carboxylic acids is 1. The predicted octanol–water partition coefficient (Wildman–Crippen LogP) is 4.20. The van der Waals surface area contributed by atoms with Gasteiger partial charge in [-0.25, -0.2) is 0 Å². The van der Waals surface area contributed by atoms with Crippen molar-refractivity contribution in [2.75, 3.05) is 32.8 Å². The number of benzene rings is 2. The van der Waals surface area contributed by atoms with E-state index in [0.717, 1.165) is 51.3 Å². The zero-order chi connectivity index (χ0) is 19.8. The third-order valence-electron chi connectivity index (χ3n) is 5.39. The zero-order valence-corrected chi connectivity index (χ0v) is 17.2. The van der Waals surface area contributed by atoms with Gasteiger partial charge in [0.25, 0.3) is 0 Å². The van der Waals surface area contributed by atoms with Crippen LogP contribution in [0.15, 0.2) is 48.5 Å². The first kappa shape index (κ1) is 20.4. The Kier molecular flexibility index (Phi) is 7.49. The Labute approximate surface area is 169 Å². The minimum atomic E-state index is 0.255. The smallest absolute Gasteiger partial charge is 0.222 e. The van der Waals surface area contributed by atoms with E-state index in [-0.39, 0.29) is 5.91 Å². The molecule has 0 unspecified atom stereocenters. The van der Waals surface area contributed by atoms with Crippen molar-refractivity contribution >= 4 is 5.91 Å². The minimum Gasteiger partial charge on any atom is -0.494 e. The number of rotatable bonds is 7. The highest BCUT2D eigenvalue weighted by molar-refractivity contribution is 5.76. The maximum atomic E-state index is 12.6. The maximum absolute atomic E-state index is 12.6. The Morgan fingerprint density at radius 2 is 1.86 bits per heavy atom. The highest BCUT2D eigenvalue weighted by Gasteiger charge is 2.19. The summed E-state index contributed by atoms with van der Waals surface area (Å²) in [4.78, 5) is 17.1. The van der Waals surface area contributed by atoms with Crippen molar-refractivity contribution in [1.82, 2.24) is 9.80 Å². The summed E-state index contributed by atoms with van der Waals surface area (Å²) >= 11 is 0. The van der Waals surface area contributed by atoms with Gasteiger partial charge in [0.05, 0.1) is 6.61 Å². The van der Waals surface area contributed by atoms with Gasteiger partial charge in [0.15, 0.2) is 0 Å². The Balaban J connectivity index is 1.39. The van der Waals surface area contributed by atoms with Gasteiger partial charge in [0.1, 0.15) is 5.75 Å². The third-order valence-corrected chi connectivity index (χ3v) is 5.39. The van der Waals surface area contributed by atoms with E-state index < -0.39 is 0 Å². The van der Waals surface area contributed by atoms with Crippen LogP contribution in [-0.2, 0) is 11.3 Å². The van der Waals surface area contributed by atoms with Crippen LogP contribution in [0.5, 0.6) is 5.75 Å². The molecule has 0 aromatic heterocycles. The Morgan fingerprint density at radius 1 is 1.00 bits per heavy atom. The Hall–Kier alpha value is -2.33. The molecule has 2 aromatic rings. The summed E-state index contributed by atoms with van der Waals surface area (Å²) < 4.78 is 5.76. The molecule has 3 rings (SSSR count). The zero-order valence-electron chi connectivity index (χ0n) is 17.2. The molecule has 4 heteroatoms. The molecule has 1 aliphatic rings. The van der Waals surface area contributed by atoms with Crippen LogP contribution in [0.25, 0.3) is 0 Å². The Bertz CT molecular complexity index is 775. The lowest BCUT2D eigenvalue weighted by atomic mass is 10.1. The molecule has 1 aliphatic heterocycles. The van der Waals surface area contributed by atoms with Crippen LogP contribution in [-0.4, -0.2) is 48.5 Å². The monoisotopic (exact) mass is 380 g/mol. The highest BCUT2D eigenvalue weighted by Crippen LogP contribution is 2.15. The molecule has 150 valence electrons. The highest BCUT2D eigenvalue weighted by atomic mass is 16.5. The van der Waals surface area contributed by atoms with Crippen molar-refractivity contribution in [3.05, 3.63) is 65.2 Å². The number of ether oxygens (including phenoxy) is 1. The van der Waals surface area contributed by atoms with Crippen molar-refractivity contribution in [1.29, 1.82) is 0 Å². The summed E-state index contributed by atoms with van der Waals surface area (Å²) in [7, 11) is 0. The van der Waals surface area contributed by atoms with E-state index in [1.165, 1.54) is 16.7 Å². The van der Waals surface area contributed by atoms with E-state index in [4.69, 9.17) is 4.74 Å². The molecular weight excluding hydrogens is 348 g/mol. The summed E-state index contributed by atoms with van der Waals surface area (Å²) in [6.45, 7) is 9.46. The average Bonchev–Trinajstić information content (AvgIpc) is 2.93. The van der Waals surface area contributed by atoms with Crippen molar-refractivity contribution in [2.45, 2.75) is 39.7 Å². The van der Waals surface area contributed by atoms with Crippen LogP contribution in [0.3, 0.4) is 0 Å². The molecule has 1 heterocycles. The number of nitrogens with zero attached hydrogens (tertiary/aromatic N) is 2.